The second-order valence-electron chi connectivity index (χ2n) is 6.05. The third-order valence-electron chi connectivity index (χ3n) is 4.52. The van der Waals surface area contributed by atoms with Crippen LogP contribution >= 0.6 is 0 Å². The summed E-state index contributed by atoms with van der Waals surface area (Å²) in [4.78, 5) is 17.8. The highest BCUT2D eigenvalue weighted by Gasteiger charge is 2.27. The Hall–Kier alpha value is -1.81. The fourth-order valence-corrected chi connectivity index (χ4v) is 3.26. The topological polar surface area (TPSA) is 62.1 Å². The number of rotatable bonds is 3. The second-order valence-corrected chi connectivity index (χ2v) is 6.05. The van der Waals surface area contributed by atoms with Gasteiger partial charge in [-0.2, -0.15) is 0 Å². The van der Waals surface area contributed by atoms with E-state index in [1.54, 1.807) is 0 Å². The van der Waals surface area contributed by atoms with E-state index in [0.29, 0.717) is 12.5 Å². The third-order valence-corrected chi connectivity index (χ3v) is 4.52. The predicted octanol–water partition coefficient (Wildman–Crippen LogP) is 2.44. The van der Waals surface area contributed by atoms with Crippen molar-refractivity contribution in [2.24, 2.45) is 5.73 Å². The Morgan fingerprint density at radius 3 is 3.05 bits per heavy atom. The fourth-order valence-electron chi connectivity index (χ4n) is 3.26. The molecule has 112 valence electrons. The van der Waals surface area contributed by atoms with Crippen LogP contribution in [0, 0.1) is 0 Å². The molecule has 0 saturated carbocycles. The number of nitrogens with one attached hydrogen (secondary N) is 1. The van der Waals surface area contributed by atoms with Crippen molar-refractivity contribution in [2.75, 3.05) is 6.54 Å². The number of piperidine rings is 1. The van der Waals surface area contributed by atoms with E-state index < -0.39 is 6.04 Å². The number of aromatic nitrogens is 1. The van der Waals surface area contributed by atoms with E-state index in [1.165, 1.54) is 6.42 Å². The van der Waals surface area contributed by atoms with Crippen LogP contribution in [0.2, 0.25) is 0 Å². The maximum absolute atomic E-state index is 12.6. The van der Waals surface area contributed by atoms with E-state index in [9.17, 15) is 4.79 Å². The molecule has 2 heterocycles. The molecule has 0 spiro atoms. The molecule has 1 unspecified atom stereocenters. The first-order chi connectivity index (χ1) is 10.2. The number of aromatic amines is 1. The van der Waals surface area contributed by atoms with Crippen LogP contribution in [0.5, 0.6) is 0 Å². The summed E-state index contributed by atoms with van der Waals surface area (Å²) in [5.74, 6) is 0.0903. The molecule has 1 aliphatic heterocycles. The Bertz CT molecular complexity index is 634. The molecule has 0 bridgehead atoms. The molecule has 0 radical (unpaired) electrons. The van der Waals surface area contributed by atoms with E-state index in [4.69, 9.17) is 5.73 Å². The second kappa shape index (κ2) is 5.90. The minimum absolute atomic E-state index is 0.0903. The molecule has 2 atom stereocenters. The van der Waals surface area contributed by atoms with Gasteiger partial charge in [-0.1, -0.05) is 18.2 Å². The van der Waals surface area contributed by atoms with Crippen LogP contribution in [-0.2, 0) is 11.2 Å². The minimum atomic E-state index is -0.454. The van der Waals surface area contributed by atoms with E-state index in [1.807, 2.05) is 29.3 Å². The van der Waals surface area contributed by atoms with Crippen molar-refractivity contribution >= 4 is 16.8 Å². The molecular weight excluding hydrogens is 262 g/mol. The zero-order chi connectivity index (χ0) is 14.8. The number of para-hydroxylation sites is 1. The summed E-state index contributed by atoms with van der Waals surface area (Å²) in [6.45, 7) is 2.97. The molecule has 4 nitrogen and oxygen atoms in total. The number of carbonyl (C=O) groups is 1. The van der Waals surface area contributed by atoms with E-state index in [2.05, 4.69) is 18.0 Å². The maximum Gasteiger partial charge on any atom is 0.240 e. The van der Waals surface area contributed by atoms with Gasteiger partial charge in [0.2, 0.25) is 5.91 Å². The number of fused-ring (bicyclic) bond motifs is 1. The van der Waals surface area contributed by atoms with Gasteiger partial charge in [-0.05, 0) is 44.2 Å². The van der Waals surface area contributed by atoms with Gasteiger partial charge < -0.3 is 15.6 Å². The van der Waals surface area contributed by atoms with Gasteiger partial charge in [-0.15, -0.1) is 0 Å². The predicted molar refractivity (Wildman–Crippen MR) is 85.0 cm³/mol. The Kier molecular flexibility index (Phi) is 3.97. The molecule has 21 heavy (non-hydrogen) atoms. The number of hydrogen-bond acceptors (Lipinski definition) is 2. The van der Waals surface area contributed by atoms with Crippen LogP contribution in [0.1, 0.15) is 31.7 Å². The summed E-state index contributed by atoms with van der Waals surface area (Å²) < 4.78 is 0. The third kappa shape index (κ3) is 2.81. The smallest absolute Gasteiger partial charge is 0.240 e. The van der Waals surface area contributed by atoms with E-state index >= 15 is 0 Å². The average Bonchev–Trinajstić information content (AvgIpc) is 2.90. The number of hydrogen-bond donors (Lipinski definition) is 2. The normalized spacial score (nSPS) is 20.7. The lowest BCUT2D eigenvalue weighted by molar-refractivity contribution is -0.135. The van der Waals surface area contributed by atoms with Crippen LogP contribution in [0.15, 0.2) is 30.5 Å². The molecule has 1 aromatic carbocycles. The van der Waals surface area contributed by atoms with Crippen molar-refractivity contribution in [1.82, 2.24) is 9.88 Å². The molecule has 1 amide bonds. The van der Waals surface area contributed by atoms with Crippen LogP contribution in [0.3, 0.4) is 0 Å². The monoisotopic (exact) mass is 285 g/mol. The first-order valence-electron chi connectivity index (χ1n) is 7.78. The highest BCUT2D eigenvalue weighted by Crippen LogP contribution is 2.21. The van der Waals surface area contributed by atoms with Gasteiger partial charge in [-0.25, -0.2) is 0 Å². The quantitative estimate of drug-likeness (QED) is 0.910. The van der Waals surface area contributed by atoms with Crippen LogP contribution in [0.25, 0.3) is 10.9 Å². The van der Waals surface area contributed by atoms with Crippen molar-refractivity contribution in [3.05, 3.63) is 36.0 Å². The van der Waals surface area contributed by atoms with Gasteiger partial charge in [0.05, 0.1) is 6.04 Å². The zero-order valence-electron chi connectivity index (χ0n) is 12.5. The molecule has 3 N–H and O–H groups in total. The molecule has 3 rings (SSSR count). The van der Waals surface area contributed by atoms with Gasteiger partial charge in [0.1, 0.15) is 0 Å². The summed E-state index contributed by atoms with van der Waals surface area (Å²) in [5.41, 5.74) is 8.40. The molecule has 1 aliphatic rings. The number of carbonyl (C=O) groups excluding carboxylic acids is 1. The van der Waals surface area contributed by atoms with Gasteiger partial charge in [0, 0.05) is 29.7 Å². The summed E-state index contributed by atoms with van der Waals surface area (Å²) in [6, 6.07) is 7.99. The average molecular weight is 285 g/mol. The minimum Gasteiger partial charge on any atom is -0.361 e. The lowest BCUT2D eigenvalue weighted by Crippen LogP contribution is -2.50. The number of nitrogens with zero attached hydrogens (tertiary/aromatic N) is 1. The first kappa shape index (κ1) is 14.1. The Morgan fingerprint density at radius 1 is 1.43 bits per heavy atom. The lowest BCUT2D eigenvalue weighted by atomic mass is 10.00. The lowest BCUT2D eigenvalue weighted by Gasteiger charge is -2.35. The molecule has 2 aromatic rings. The fraction of sp³-hybridized carbons (Fsp3) is 0.471. The summed E-state index contributed by atoms with van der Waals surface area (Å²) in [6.07, 6.45) is 5.95. The molecular formula is C17H23N3O. The van der Waals surface area contributed by atoms with Crippen molar-refractivity contribution in [1.29, 1.82) is 0 Å². The first-order valence-corrected chi connectivity index (χ1v) is 7.78. The van der Waals surface area contributed by atoms with E-state index in [-0.39, 0.29) is 5.91 Å². The molecule has 1 fully saturated rings. The van der Waals surface area contributed by atoms with Crippen LogP contribution in [0.4, 0.5) is 0 Å². The highest BCUT2D eigenvalue weighted by atomic mass is 16.2. The SMILES string of the molecule is CC1CCCCN1C(=O)[C@@H](N)Cc1c[nH]c2ccccc12. The summed E-state index contributed by atoms with van der Waals surface area (Å²) >= 11 is 0. The van der Waals surface area contributed by atoms with Crippen molar-refractivity contribution in [3.8, 4) is 0 Å². The van der Waals surface area contributed by atoms with Crippen molar-refractivity contribution in [2.45, 2.75) is 44.7 Å². The largest absolute Gasteiger partial charge is 0.361 e. The van der Waals surface area contributed by atoms with Gasteiger partial charge in [0.15, 0.2) is 0 Å². The van der Waals surface area contributed by atoms with Crippen molar-refractivity contribution < 1.29 is 4.79 Å². The Morgan fingerprint density at radius 2 is 2.24 bits per heavy atom. The standard InChI is InChI=1S/C17H23N3O/c1-12-6-4-5-9-20(12)17(21)15(18)10-13-11-19-16-8-3-2-7-14(13)16/h2-3,7-8,11-12,15,19H,4-6,9-10,18H2,1H3/t12?,15-/m0/s1. The Labute approximate surface area is 125 Å². The number of nitrogens with two attached hydrogens (primary N) is 1. The van der Waals surface area contributed by atoms with Crippen LogP contribution < -0.4 is 5.73 Å². The van der Waals surface area contributed by atoms with Crippen molar-refractivity contribution in [3.63, 3.8) is 0 Å². The molecule has 0 aliphatic carbocycles. The molecule has 1 aromatic heterocycles. The molecule has 4 heteroatoms. The zero-order valence-corrected chi connectivity index (χ0v) is 12.5. The Balaban J connectivity index is 1.73. The van der Waals surface area contributed by atoms with Gasteiger partial charge in [0.25, 0.3) is 0 Å². The number of amides is 1. The van der Waals surface area contributed by atoms with Gasteiger partial charge >= 0.3 is 0 Å². The maximum atomic E-state index is 12.6. The molecule has 1 saturated heterocycles. The number of H-pyrrole nitrogens is 1. The van der Waals surface area contributed by atoms with Crippen LogP contribution in [-0.4, -0.2) is 34.4 Å². The summed E-state index contributed by atoms with van der Waals surface area (Å²) in [5, 5.41) is 1.16. The number of benzene rings is 1. The number of likely N-dealkylation sites (tertiary alicyclic amines) is 1. The highest BCUT2D eigenvalue weighted by molar-refractivity contribution is 5.86. The van der Waals surface area contributed by atoms with E-state index in [0.717, 1.165) is 35.9 Å². The van der Waals surface area contributed by atoms with Gasteiger partial charge in [-0.3, -0.25) is 4.79 Å². The summed E-state index contributed by atoms with van der Waals surface area (Å²) in [7, 11) is 0.